The number of Topliss-reactive ketones (excluding diaryl/α,β-unsaturated/α-hetero) is 1. The number of hydrogen-bond donors (Lipinski definition) is 1. The molecule has 2 aromatic rings. The Hall–Kier alpha value is -2.67. The van der Waals surface area contributed by atoms with Gasteiger partial charge >= 0.3 is 0 Å². The molecule has 0 aliphatic carbocycles. The van der Waals surface area contributed by atoms with Gasteiger partial charge in [-0.05, 0) is 107 Å². The van der Waals surface area contributed by atoms with Gasteiger partial charge in [0.05, 0.1) is 6.54 Å². The summed E-state index contributed by atoms with van der Waals surface area (Å²) < 4.78 is 7.53. The van der Waals surface area contributed by atoms with Crippen molar-refractivity contribution in [3.8, 4) is 0 Å². The van der Waals surface area contributed by atoms with Crippen molar-refractivity contribution in [2.45, 2.75) is 154 Å². The summed E-state index contributed by atoms with van der Waals surface area (Å²) in [6.07, 6.45) is 10.4. The topological polar surface area (TPSA) is 63.6 Å². The van der Waals surface area contributed by atoms with Crippen molar-refractivity contribution < 1.29 is 14.3 Å². The molecule has 2 rings (SSSR count). The Balaban J connectivity index is -0.000000617. The molecule has 0 unspecified atom stereocenters. The summed E-state index contributed by atoms with van der Waals surface area (Å²) in [5.41, 5.74) is 7.52. The number of unbranched alkanes of at least 4 members (excludes halogenated alkanes) is 1. The van der Waals surface area contributed by atoms with Crippen LogP contribution in [0, 0.1) is 20.8 Å². The van der Waals surface area contributed by atoms with Crippen LogP contribution in [0.5, 0.6) is 0 Å². The number of halogens is 1. The number of carbonyl (C=O) groups is 2. The highest BCUT2D eigenvalue weighted by Crippen LogP contribution is 2.13. The second kappa shape index (κ2) is 37.1. The van der Waals surface area contributed by atoms with Crippen molar-refractivity contribution in [1.82, 2.24) is 14.8 Å². The van der Waals surface area contributed by atoms with E-state index in [-0.39, 0.29) is 11.7 Å². The van der Waals surface area contributed by atoms with Crippen LogP contribution in [0.15, 0.2) is 48.7 Å². The first-order chi connectivity index (χ1) is 24.4. The van der Waals surface area contributed by atoms with Crippen LogP contribution >= 0.6 is 11.6 Å². The first kappa shape index (κ1) is 52.7. The summed E-state index contributed by atoms with van der Waals surface area (Å²) in [6, 6.07) is 14.7. The number of nitrogens with zero attached hydrogens (tertiary/aromatic N) is 2. The standard InChI is InChI=1S/C16H25N.C11H14ClNO.C9H19NO.C6H14O.C2H6/c1-5-7-12-17-13-14(3)10-8-9-11-16(6-2)15(17)4;1-8-3-4-10(5-11(8)6-12)7-13-9(2)14;1-4-6-10(7-5-2)8-9(3)11;1-3-5-7-6-4-2;1-2/h8-11,13H,5-7,12H2,1-4H3;3-5H,6-7H2,1-2H3,(H,13,14);4-8H2,1-3H3;3-6H2,1-2H3;1-2H3. The summed E-state index contributed by atoms with van der Waals surface area (Å²) in [4.78, 5) is 23.7. The number of ether oxygens (including phenoxy) is 1. The van der Waals surface area contributed by atoms with E-state index in [0.717, 1.165) is 76.1 Å². The van der Waals surface area contributed by atoms with E-state index in [1.807, 2.05) is 39.0 Å². The smallest absolute Gasteiger partial charge is 0.217 e. The van der Waals surface area contributed by atoms with Crippen LogP contribution in [0.1, 0.15) is 141 Å². The summed E-state index contributed by atoms with van der Waals surface area (Å²) in [5, 5.41) is 2.75. The van der Waals surface area contributed by atoms with Gasteiger partial charge in [0.25, 0.3) is 0 Å². The van der Waals surface area contributed by atoms with E-state index in [4.69, 9.17) is 16.3 Å². The van der Waals surface area contributed by atoms with E-state index in [9.17, 15) is 9.59 Å². The molecule has 0 aliphatic rings. The molecule has 294 valence electrons. The predicted molar refractivity (Wildman–Crippen MR) is 225 cm³/mol. The molecule has 0 saturated heterocycles. The lowest BCUT2D eigenvalue weighted by Gasteiger charge is -2.18. The van der Waals surface area contributed by atoms with Gasteiger partial charge in [-0.15, -0.1) is 11.6 Å². The molecule has 0 radical (unpaired) electrons. The van der Waals surface area contributed by atoms with Gasteiger partial charge in [0.2, 0.25) is 5.91 Å². The maximum atomic E-state index is 10.8. The van der Waals surface area contributed by atoms with Crippen molar-refractivity contribution in [1.29, 1.82) is 0 Å². The summed E-state index contributed by atoms with van der Waals surface area (Å²) in [6.45, 7) is 32.8. The van der Waals surface area contributed by atoms with Gasteiger partial charge in [-0.25, -0.2) is 0 Å². The maximum absolute atomic E-state index is 10.8. The number of ketones is 1. The molecule has 1 N–H and O–H groups in total. The maximum Gasteiger partial charge on any atom is 0.217 e. The van der Waals surface area contributed by atoms with Crippen LogP contribution in [-0.2, 0) is 39.7 Å². The van der Waals surface area contributed by atoms with Gasteiger partial charge in [-0.3, -0.25) is 14.5 Å². The Morgan fingerprint density at radius 2 is 1.39 bits per heavy atom. The molecular weight excluding hydrogens is 654 g/mol. The minimum absolute atomic E-state index is 0.0157. The Bertz CT molecular complexity index is 1180. The minimum Gasteiger partial charge on any atom is -0.381 e. The van der Waals surface area contributed by atoms with Crippen molar-refractivity contribution >= 4 is 23.3 Å². The summed E-state index contributed by atoms with van der Waals surface area (Å²) >= 11 is 5.78. The van der Waals surface area contributed by atoms with Crippen LogP contribution in [0.25, 0.3) is 0 Å². The lowest BCUT2D eigenvalue weighted by atomic mass is 10.1. The van der Waals surface area contributed by atoms with Crippen LogP contribution < -0.4 is 5.32 Å². The molecular formula is C44H78ClN3O3. The van der Waals surface area contributed by atoms with Crippen LogP contribution in [-0.4, -0.2) is 54.0 Å². The number of hydrogen-bond acceptors (Lipinski definition) is 4. The molecule has 0 atom stereocenters. The van der Waals surface area contributed by atoms with Crippen molar-refractivity contribution in [2.24, 2.45) is 0 Å². The Morgan fingerprint density at radius 3 is 1.86 bits per heavy atom. The highest BCUT2D eigenvalue weighted by Gasteiger charge is 2.04. The highest BCUT2D eigenvalue weighted by molar-refractivity contribution is 6.17. The summed E-state index contributed by atoms with van der Waals surface area (Å²) in [5.74, 6) is 0.768. The molecule has 1 amide bonds. The van der Waals surface area contributed by atoms with Crippen molar-refractivity contribution in [3.05, 3.63) is 82.2 Å². The zero-order chi connectivity index (χ0) is 39.5. The molecule has 0 bridgehead atoms. The Labute approximate surface area is 320 Å². The van der Waals surface area contributed by atoms with E-state index in [1.165, 1.54) is 42.1 Å². The van der Waals surface area contributed by atoms with E-state index in [0.29, 0.717) is 19.0 Å². The highest BCUT2D eigenvalue weighted by atomic mass is 35.5. The van der Waals surface area contributed by atoms with Gasteiger partial charge in [0.15, 0.2) is 0 Å². The van der Waals surface area contributed by atoms with E-state index < -0.39 is 0 Å². The number of rotatable bonds is 17. The third kappa shape index (κ3) is 30.6. The lowest BCUT2D eigenvalue weighted by Crippen LogP contribution is -2.30. The number of aryl methyl sites for hydroxylation is 4. The van der Waals surface area contributed by atoms with Gasteiger partial charge in [0, 0.05) is 51.0 Å². The number of amides is 1. The van der Waals surface area contributed by atoms with Gasteiger partial charge in [-0.2, -0.15) is 0 Å². The molecule has 0 saturated carbocycles. The fourth-order valence-corrected chi connectivity index (χ4v) is 5.11. The van der Waals surface area contributed by atoms with E-state index in [2.05, 4.69) is 101 Å². The second-order valence-electron chi connectivity index (χ2n) is 12.5. The molecule has 0 spiro atoms. The predicted octanol–water partition coefficient (Wildman–Crippen LogP) is 11.5. The number of carbonyl (C=O) groups excluding carboxylic acids is 2. The molecule has 1 aromatic heterocycles. The quantitative estimate of drug-likeness (QED) is 0.130. The van der Waals surface area contributed by atoms with Gasteiger partial charge in [0.1, 0.15) is 5.78 Å². The fourth-order valence-electron chi connectivity index (χ4n) is 4.82. The van der Waals surface area contributed by atoms with Gasteiger partial charge < -0.3 is 14.6 Å². The Morgan fingerprint density at radius 1 is 0.804 bits per heavy atom. The molecule has 51 heavy (non-hydrogen) atoms. The number of alkyl halides is 1. The fraction of sp³-hybridized carbons (Fsp3) is 0.636. The summed E-state index contributed by atoms with van der Waals surface area (Å²) in [7, 11) is 0. The average molecular weight is 733 g/mol. The minimum atomic E-state index is -0.0157. The molecule has 7 heteroatoms. The normalized spacial score (nSPS) is 9.78. The molecule has 0 fully saturated rings. The zero-order valence-electron chi connectivity index (χ0n) is 35.2. The van der Waals surface area contributed by atoms with E-state index >= 15 is 0 Å². The first-order valence-electron chi connectivity index (χ1n) is 19.6. The first-order valence-corrected chi connectivity index (χ1v) is 20.1. The Kier molecular flexibility index (Phi) is 38.3. The van der Waals surface area contributed by atoms with Crippen LogP contribution in [0.4, 0.5) is 0 Å². The third-order valence-electron chi connectivity index (χ3n) is 7.48. The number of aromatic nitrogens is 1. The zero-order valence-corrected chi connectivity index (χ0v) is 36.0. The second-order valence-corrected chi connectivity index (χ2v) is 12.8. The number of nitrogens with one attached hydrogen (secondary N) is 1. The van der Waals surface area contributed by atoms with Crippen molar-refractivity contribution in [2.75, 3.05) is 32.8 Å². The number of benzene rings is 1. The monoisotopic (exact) mass is 732 g/mol. The molecule has 0 aliphatic heterocycles. The lowest BCUT2D eigenvalue weighted by molar-refractivity contribution is -0.119. The molecule has 1 aromatic carbocycles. The average Bonchev–Trinajstić information content (AvgIpc) is 3.17. The van der Waals surface area contributed by atoms with Crippen LogP contribution in [0.3, 0.4) is 0 Å². The van der Waals surface area contributed by atoms with Crippen molar-refractivity contribution in [3.63, 3.8) is 0 Å². The molecule has 1 heterocycles. The third-order valence-corrected chi connectivity index (χ3v) is 7.77. The van der Waals surface area contributed by atoms with Crippen LogP contribution in [0.2, 0.25) is 0 Å². The molecule has 6 nitrogen and oxygen atoms in total. The SMILES string of the molecule is CC.CC(=O)NCc1ccc(C)c(CCl)c1.CCCCn1cc(C)ccccc(CC)c1C.CCCN(CCC)CC(C)=O.CCCOCCC. The van der Waals surface area contributed by atoms with Gasteiger partial charge in [-0.1, -0.05) is 104 Å². The largest absolute Gasteiger partial charge is 0.381 e. The van der Waals surface area contributed by atoms with E-state index in [1.54, 1.807) is 6.92 Å².